The Morgan fingerprint density at radius 1 is 1.07 bits per heavy atom. The lowest BCUT2D eigenvalue weighted by molar-refractivity contribution is -0.118. The van der Waals surface area contributed by atoms with E-state index in [1.165, 1.54) is 17.3 Å². The van der Waals surface area contributed by atoms with E-state index in [1.807, 2.05) is 73.7 Å². The molecular formula is C21H18N4OS. The number of amidine groups is 2. The maximum Gasteiger partial charge on any atom is 0.264 e. The number of carbonyl (C=O) groups excluding carboxylic acids is 1. The van der Waals surface area contributed by atoms with Crippen molar-refractivity contribution in [3.05, 3.63) is 71.8 Å². The van der Waals surface area contributed by atoms with E-state index in [9.17, 15) is 4.79 Å². The van der Waals surface area contributed by atoms with Crippen molar-refractivity contribution in [3.8, 4) is 0 Å². The summed E-state index contributed by atoms with van der Waals surface area (Å²) in [5, 5.41) is 6.56. The summed E-state index contributed by atoms with van der Waals surface area (Å²) in [6.45, 7) is 2.03. The third kappa shape index (κ3) is 3.90. The number of aliphatic imine (C=N–C) groups is 2. The van der Waals surface area contributed by atoms with Crippen LogP contribution in [0, 0.1) is 12.8 Å². The molecule has 134 valence electrons. The number of hydrogen-bond acceptors (Lipinski definition) is 5. The summed E-state index contributed by atoms with van der Waals surface area (Å²) in [4.78, 5) is 21.1. The van der Waals surface area contributed by atoms with Crippen LogP contribution >= 0.6 is 11.8 Å². The fourth-order valence-electron chi connectivity index (χ4n) is 2.79. The monoisotopic (exact) mass is 374 g/mol. The molecule has 2 heterocycles. The van der Waals surface area contributed by atoms with E-state index < -0.39 is 5.92 Å². The van der Waals surface area contributed by atoms with Crippen LogP contribution in [0.5, 0.6) is 0 Å². The lowest BCUT2D eigenvalue weighted by atomic mass is 10.1. The highest BCUT2D eigenvalue weighted by Gasteiger charge is 2.36. The minimum absolute atomic E-state index is 0.215. The zero-order chi connectivity index (χ0) is 18.6. The van der Waals surface area contributed by atoms with Gasteiger partial charge in [0.05, 0.1) is 5.69 Å². The zero-order valence-electron chi connectivity index (χ0n) is 14.8. The molecule has 0 N–H and O–H groups in total. The summed E-state index contributed by atoms with van der Waals surface area (Å²) in [7, 11) is 0. The van der Waals surface area contributed by atoms with E-state index in [0.717, 1.165) is 11.3 Å². The summed E-state index contributed by atoms with van der Waals surface area (Å²) >= 11 is 1.44. The first-order valence-corrected chi connectivity index (χ1v) is 9.66. The molecule has 0 spiro atoms. The topological polar surface area (TPSA) is 57.4 Å². The van der Waals surface area contributed by atoms with Gasteiger partial charge in [-0.25, -0.2) is 10.0 Å². The molecule has 2 aromatic rings. The highest BCUT2D eigenvalue weighted by Crippen LogP contribution is 2.26. The standard InChI is InChI=1S/C21H18N4OS/c1-15-9-11-17(12-10-15)25-19-18(14-22-25)20(26)24-21(23-19)27-13-5-8-16-6-3-2-4-7-16/h2-12,14,18H,13H2,1H3/b8-5+. The number of benzene rings is 2. The first-order chi connectivity index (χ1) is 13.2. The molecule has 0 fully saturated rings. The Balaban J connectivity index is 1.47. The Morgan fingerprint density at radius 3 is 2.63 bits per heavy atom. The van der Waals surface area contributed by atoms with E-state index in [4.69, 9.17) is 0 Å². The van der Waals surface area contributed by atoms with Crippen LogP contribution in [0.1, 0.15) is 11.1 Å². The van der Waals surface area contributed by atoms with Crippen LogP contribution in [0.3, 0.4) is 0 Å². The molecule has 27 heavy (non-hydrogen) atoms. The van der Waals surface area contributed by atoms with Gasteiger partial charge in [0.25, 0.3) is 5.91 Å². The normalized spacial score (nSPS) is 18.6. The van der Waals surface area contributed by atoms with Crippen LogP contribution in [0.2, 0.25) is 0 Å². The molecule has 0 saturated heterocycles. The van der Waals surface area contributed by atoms with Gasteiger partial charge in [-0.15, -0.1) is 0 Å². The Bertz CT molecular complexity index is 961. The van der Waals surface area contributed by atoms with Crippen molar-refractivity contribution in [2.45, 2.75) is 6.92 Å². The molecule has 1 atom stereocenters. The van der Waals surface area contributed by atoms with Crippen LogP contribution in [0.25, 0.3) is 6.08 Å². The largest absolute Gasteiger partial charge is 0.271 e. The lowest BCUT2D eigenvalue weighted by Gasteiger charge is -2.20. The van der Waals surface area contributed by atoms with Crippen LogP contribution in [-0.4, -0.2) is 28.9 Å². The first-order valence-electron chi connectivity index (χ1n) is 8.67. The van der Waals surface area contributed by atoms with Gasteiger partial charge >= 0.3 is 0 Å². The van der Waals surface area contributed by atoms with E-state index in [2.05, 4.69) is 15.1 Å². The second-order valence-electron chi connectivity index (χ2n) is 6.22. The zero-order valence-corrected chi connectivity index (χ0v) is 15.6. The fourth-order valence-corrected chi connectivity index (χ4v) is 3.44. The van der Waals surface area contributed by atoms with Crippen LogP contribution < -0.4 is 5.01 Å². The number of carbonyl (C=O) groups is 1. The van der Waals surface area contributed by atoms with Crippen molar-refractivity contribution in [2.75, 3.05) is 10.8 Å². The molecule has 0 bridgehead atoms. The minimum atomic E-state index is -0.490. The maximum absolute atomic E-state index is 12.4. The van der Waals surface area contributed by atoms with Gasteiger partial charge in [-0.3, -0.25) is 4.79 Å². The Hall–Kier alpha value is -2.99. The molecule has 2 aliphatic heterocycles. The van der Waals surface area contributed by atoms with Gasteiger partial charge in [-0.2, -0.15) is 10.1 Å². The van der Waals surface area contributed by atoms with Gasteiger partial charge in [0.1, 0.15) is 5.92 Å². The number of anilines is 1. The van der Waals surface area contributed by atoms with Gasteiger partial charge in [-0.05, 0) is 24.6 Å². The van der Waals surface area contributed by atoms with Crippen LogP contribution in [0.4, 0.5) is 5.69 Å². The van der Waals surface area contributed by atoms with Crippen molar-refractivity contribution in [3.63, 3.8) is 0 Å². The second-order valence-corrected chi connectivity index (χ2v) is 7.20. The van der Waals surface area contributed by atoms with E-state index in [1.54, 1.807) is 11.2 Å². The number of hydrazone groups is 1. The van der Waals surface area contributed by atoms with Crippen molar-refractivity contribution >= 4 is 46.7 Å². The van der Waals surface area contributed by atoms with Crippen molar-refractivity contribution < 1.29 is 4.79 Å². The van der Waals surface area contributed by atoms with E-state index in [0.29, 0.717) is 16.8 Å². The summed E-state index contributed by atoms with van der Waals surface area (Å²) in [5.74, 6) is 0.602. The molecule has 0 saturated carbocycles. The molecule has 1 amide bonds. The predicted octanol–water partition coefficient (Wildman–Crippen LogP) is 4.16. The van der Waals surface area contributed by atoms with Crippen LogP contribution in [-0.2, 0) is 4.79 Å². The first kappa shape index (κ1) is 17.4. The summed E-state index contributed by atoms with van der Waals surface area (Å²) in [5.41, 5.74) is 3.20. The average Bonchev–Trinajstić information content (AvgIpc) is 3.11. The lowest BCUT2D eigenvalue weighted by Crippen LogP contribution is -2.34. The van der Waals surface area contributed by atoms with Gasteiger partial charge in [0.15, 0.2) is 11.0 Å². The SMILES string of the molecule is Cc1ccc(N2N=CC3C(=O)N=C(SC/C=C/c4ccccc4)N=C32)cc1. The van der Waals surface area contributed by atoms with Gasteiger partial charge in [0, 0.05) is 12.0 Å². The number of nitrogens with zero attached hydrogens (tertiary/aromatic N) is 4. The predicted molar refractivity (Wildman–Crippen MR) is 113 cm³/mol. The maximum atomic E-state index is 12.4. The quantitative estimate of drug-likeness (QED) is 0.807. The number of amides is 1. The van der Waals surface area contributed by atoms with Crippen molar-refractivity contribution in [1.29, 1.82) is 0 Å². The molecule has 2 aromatic carbocycles. The minimum Gasteiger partial charge on any atom is -0.271 e. The van der Waals surface area contributed by atoms with Crippen molar-refractivity contribution in [1.82, 2.24) is 0 Å². The third-order valence-electron chi connectivity index (χ3n) is 4.21. The van der Waals surface area contributed by atoms with E-state index >= 15 is 0 Å². The molecule has 5 nitrogen and oxygen atoms in total. The second kappa shape index (κ2) is 7.72. The Kier molecular flexibility index (Phi) is 4.98. The fraction of sp³-hybridized carbons (Fsp3) is 0.143. The molecule has 4 rings (SSSR count). The summed E-state index contributed by atoms with van der Waals surface area (Å²) < 4.78 is 0. The molecule has 0 radical (unpaired) electrons. The summed E-state index contributed by atoms with van der Waals surface area (Å²) in [6.07, 6.45) is 5.70. The number of rotatable bonds is 4. The molecule has 0 aliphatic carbocycles. The van der Waals surface area contributed by atoms with E-state index in [-0.39, 0.29) is 5.91 Å². The van der Waals surface area contributed by atoms with Crippen LogP contribution in [0.15, 0.2) is 75.8 Å². The third-order valence-corrected chi connectivity index (χ3v) is 5.01. The molecule has 6 heteroatoms. The highest BCUT2D eigenvalue weighted by atomic mass is 32.2. The Labute approximate surface area is 162 Å². The smallest absolute Gasteiger partial charge is 0.264 e. The molecule has 0 aromatic heterocycles. The van der Waals surface area contributed by atoms with Gasteiger partial charge < -0.3 is 0 Å². The number of hydrogen-bond donors (Lipinski definition) is 0. The number of thioether (sulfide) groups is 1. The van der Waals surface area contributed by atoms with Gasteiger partial charge in [-0.1, -0.05) is 71.9 Å². The molecule has 2 aliphatic rings. The highest BCUT2D eigenvalue weighted by molar-refractivity contribution is 8.14. The molecule has 1 unspecified atom stereocenters. The molecular weight excluding hydrogens is 356 g/mol. The average molecular weight is 374 g/mol. The van der Waals surface area contributed by atoms with Crippen molar-refractivity contribution in [2.24, 2.45) is 21.0 Å². The summed E-state index contributed by atoms with van der Waals surface area (Å²) in [6, 6.07) is 18.1. The van der Waals surface area contributed by atoms with Gasteiger partial charge in [0.2, 0.25) is 0 Å². The Morgan fingerprint density at radius 2 is 1.85 bits per heavy atom. The number of fused-ring (bicyclic) bond motifs is 1. The number of aryl methyl sites for hydroxylation is 1.